The fourth-order valence-corrected chi connectivity index (χ4v) is 4.27. The second-order valence-corrected chi connectivity index (χ2v) is 9.04. The highest BCUT2D eigenvalue weighted by Gasteiger charge is 2.30. The monoisotopic (exact) mass is 468 g/mol. The van der Waals surface area contributed by atoms with Crippen molar-refractivity contribution in [3.05, 3.63) is 59.7 Å². The maximum Gasteiger partial charge on any atom is 0.407 e. The van der Waals surface area contributed by atoms with E-state index in [4.69, 9.17) is 9.84 Å². The van der Waals surface area contributed by atoms with Gasteiger partial charge in [0.25, 0.3) is 0 Å². The third kappa shape index (κ3) is 5.94. The van der Waals surface area contributed by atoms with E-state index in [0.717, 1.165) is 22.3 Å². The molecule has 0 saturated heterocycles. The largest absolute Gasteiger partial charge is 0.480 e. The molecule has 3 rings (SSSR count). The Morgan fingerprint density at radius 3 is 2.03 bits per heavy atom. The van der Waals surface area contributed by atoms with E-state index in [1.807, 2.05) is 50.2 Å². The summed E-state index contributed by atoms with van der Waals surface area (Å²) in [5.41, 5.74) is 4.54. The molecule has 0 radical (unpaired) electrons. The predicted octanol–water partition coefficient (Wildman–Crippen LogP) is 3.14. The van der Waals surface area contributed by atoms with E-state index in [1.54, 1.807) is 0 Å². The number of carboxylic acids is 1. The van der Waals surface area contributed by atoms with E-state index in [0.29, 0.717) is 0 Å². The number of aliphatic hydroxyl groups excluding tert-OH is 1. The van der Waals surface area contributed by atoms with Gasteiger partial charge in [0.05, 0.1) is 6.10 Å². The summed E-state index contributed by atoms with van der Waals surface area (Å²) >= 11 is 0. The molecule has 2 amide bonds. The quantitative estimate of drug-likeness (QED) is 0.425. The number of hydrogen-bond acceptors (Lipinski definition) is 5. The van der Waals surface area contributed by atoms with Gasteiger partial charge in [-0.15, -0.1) is 0 Å². The van der Waals surface area contributed by atoms with Crippen molar-refractivity contribution in [1.82, 2.24) is 10.6 Å². The Hall–Kier alpha value is -3.39. The molecule has 3 atom stereocenters. The number of carbonyl (C=O) groups is 3. The van der Waals surface area contributed by atoms with E-state index >= 15 is 0 Å². The van der Waals surface area contributed by atoms with Gasteiger partial charge in [-0.3, -0.25) is 4.79 Å². The van der Waals surface area contributed by atoms with Gasteiger partial charge in [0, 0.05) is 18.9 Å². The third-order valence-electron chi connectivity index (χ3n) is 6.31. The molecule has 1 unspecified atom stereocenters. The van der Waals surface area contributed by atoms with E-state index in [2.05, 4.69) is 22.8 Å². The highest BCUT2D eigenvalue weighted by atomic mass is 16.5. The van der Waals surface area contributed by atoms with Crippen molar-refractivity contribution in [3.8, 4) is 11.1 Å². The van der Waals surface area contributed by atoms with Gasteiger partial charge in [0.2, 0.25) is 5.91 Å². The zero-order valence-electron chi connectivity index (χ0n) is 19.7. The van der Waals surface area contributed by atoms with Gasteiger partial charge in [-0.1, -0.05) is 62.4 Å². The van der Waals surface area contributed by atoms with Crippen LogP contribution in [-0.4, -0.2) is 53.5 Å². The van der Waals surface area contributed by atoms with Crippen LogP contribution in [0, 0.1) is 11.8 Å². The number of ether oxygens (including phenoxy) is 1. The molecular formula is C26H32N2O6. The second-order valence-electron chi connectivity index (χ2n) is 9.04. The molecule has 0 aromatic heterocycles. The molecule has 0 fully saturated rings. The lowest BCUT2D eigenvalue weighted by Gasteiger charge is -2.23. The number of aliphatic hydroxyl groups is 1. The summed E-state index contributed by atoms with van der Waals surface area (Å²) in [5, 5.41) is 23.8. The number of alkyl carbamates (subject to hydrolysis) is 1. The van der Waals surface area contributed by atoms with Gasteiger partial charge >= 0.3 is 12.1 Å². The molecule has 0 spiro atoms. The van der Waals surface area contributed by atoms with E-state index in [-0.39, 0.29) is 37.3 Å². The Morgan fingerprint density at radius 1 is 0.971 bits per heavy atom. The number of nitrogens with one attached hydrogen (secondary N) is 2. The minimum atomic E-state index is -1.38. The number of carboxylic acid groups (broad SMARTS) is 1. The minimum Gasteiger partial charge on any atom is -0.480 e. The molecule has 2 aromatic carbocycles. The number of fused-ring (bicyclic) bond motifs is 3. The fourth-order valence-electron chi connectivity index (χ4n) is 4.27. The smallest absolute Gasteiger partial charge is 0.407 e. The summed E-state index contributed by atoms with van der Waals surface area (Å²) in [7, 11) is 0. The average molecular weight is 469 g/mol. The first-order valence-electron chi connectivity index (χ1n) is 11.5. The van der Waals surface area contributed by atoms with Crippen molar-refractivity contribution in [3.63, 3.8) is 0 Å². The average Bonchev–Trinajstić information content (AvgIpc) is 3.12. The molecule has 182 valence electrons. The van der Waals surface area contributed by atoms with Crippen molar-refractivity contribution in [2.24, 2.45) is 11.8 Å². The maximum atomic E-state index is 12.4. The van der Waals surface area contributed by atoms with Crippen LogP contribution in [0.2, 0.25) is 0 Å². The first-order valence-corrected chi connectivity index (χ1v) is 11.5. The Morgan fingerprint density at radius 2 is 1.53 bits per heavy atom. The Kier molecular flexibility index (Phi) is 8.28. The number of amides is 2. The molecule has 4 N–H and O–H groups in total. The van der Waals surface area contributed by atoms with Crippen LogP contribution < -0.4 is 10.6 Å². The normalized spacial score (nSPS) is 15.1. The van der Waals surface area contributed by atoms with Crippen LogP contribution in [0.25, 0.3) is 11.1 Å². The van der Waals surface area contributed by atoms with Crippen molar-refractivity contribution in [2.75, 3.05) is 13.2 Å². The van der Waals surface area contributed by atoms with E-state index in [9.17, 15) is 19.5 Å². The zero-order chi connectivity index (χ0) is 24.8. The first-order chi connectivity index (χ1) is 16.2. The molecule has 2 aromatic rings. The lowest BCUT2D eigenvalue weighted by molar-refractivity contribution is -0.145. The Labute approximate surface area is 199 Å². The lowest BCUT2D eigenvalue weighted by Crippen LogP contribution is -2.48. The predicted molar refractivity (Wildman–Crippen MR) is 127 cm³/mol. The fraction of sp³-hybridized carbons (Fsp3) is 0.423. The summed E-state index contributed by atoms with van der Waals surface area (Å²) < 4.78 is 5.54. The van der Waals surface area contributed by atoms with Crippen LogP contribution in [0.1, 0.15) is 44.2 Å². The minimum absolute atomic E-state index is 0.0117. The standard InChI is InChI=1S/C26H32N2O6/c1-15(2)17(12-23(30)28-24(16(3)29)25(31)32)13-27-26(33)34-14-22-20-10-6-4-8-18(20)19-9-5-7-11-21(19)22/h4-11,15-17,22,24,29H,12-14H2,1-3H3,(H,27,33)(H,28,30)(H,31,32)/t16-,17?,24+/m1/s1. The molecule has 0 bridgehead atoms. The summed E-state index contributed by atoms with van der Waals surface area (Å²) in [5.74, 6) is -2.03. The number of aliphatic carboxylic acids is 1. The third-order valence-corrected chi connectivity index (χ3v) is 6.31. The van der Waals surface area contributed by atoms with Gasteiger partial charge in [0.15, 0.2) is 6.04 Å². The van der Waals surface area contributed by atoms with Crippen LogP contribution in [0.15, 0.2) is 48.5 Å². The number of hydrogen-bond donors (Lipinski definition) is 4. The number of rotatable bonds is 10. The van der Waals surface area contributed by atoms with Gasteiger partial charge in [-0.05, 0) is 41.0 Å². The summed E-state index contributed by atoms with van der Waals surface area (Å²) in [6, 6.07) is 14.8. The highest BCUT2D eigenvalue weighted by molar-refractivity contribution is 5.84. The Bertz CT molecular complexity index is 990. The molecule has 8 nitrogen and oxygen atoms in total. The lowest BCUT2D eigenvalue weighted by atomic mass is 9.92. The molecule has 0 heterocycles. The van der Waals surface area contributed by atoms with Crippen LogP contribution in [0.3, 0.4) is 0 Å². The highest BCUT2D eigenvalue weighted by Crippen LogP contribution is 2.44. The van der Waals surface area contributed by atoms with Gasteiger partial charge < -0.3 is 25.6 Å². The number of benzene rings is 2. The molecule has 1 aliphatic carbocycles. The van der Waals surface area contributed by atoms with Crippen molar-refractivity contribution >= 4 is 18.0 Å². The number of carbonyl (C=O) groups excluding carboxylic acids is 2. The zero-order valence-corrected chi connectivity index (χ0v) is 19.7. The van der Waals surface area contributed by atoms with Gasteiger partial charge in [-0.2, -0.15) is 0 Å². The molecule has 1 aliphatic rings. The molecular weight excluding hydrogens is 436 g/mol. The second kappa shape index (κ2) is 11.2. The summed E-state index contributed by atoms with van der Waals surface area (Å²) in [6.07, 6.45) is -1.78. The van der Waals surface area contributed by atoms with Crippen LogP contribution in [-0.2, 0) is 14.3 Å². The van der Waals surface area contributed by atoms with Gasteiger partial charge in [0.1, 0.15) is 6.61 Å². The molecule has 0 saturated carbocycles. The van der Waals surface area contributed by atoms with Crippen LogP contribution in [0.5, 0.6) is 0 Å². The first kappa shape index (κ1) is 25.2. The summed E-state index contributed by atoms with van der Waals surface area (Å²) in [6.45, 7) is 5.54. The van der Waals surface area contributed by atoms with E-state index in [1.165, 1.54) is 6.92 Å². The molecule has 34 heavy (non-hydrogen) atoms. The molecule has 0 aliphatic heterocycles. The van der Waals surface area contributed by atoms with E-state index < -0.39 is 30.1 Å². The van der Waals surface area contributed by atoms with Crippen LogP contribution >= 0.6 is 0 Å². The van der Waals surface area contributed by atoms with Crippen molar-refractivity contribution < 1.29 is 29.3 Å². The topological polar surface area (TPSA) is 125 Å². The SMILES string of the molecule is CC(C)C(CNC(=O)OCC1c2ccccc2-c2ccccc21)CC(=O)N[C@H](C(=O)O)[C@@H](C)O. The maximum absolute atomic E-state index is 12.4. The summed E-state index contributed by atoms with van der Waals surface area (Å²) in [4.78, 5) is 36.0. The van der Waals surface area contributed by atoms with Crippen molar-refractivity contribution in [1.29, 1.82) is 0 Å². The van der Waals surface area contributed by atoms with Crippen LogP contribution in [0.4, 0.5) is 4.79 Å². The van der Waals surface area contributed by atoms with Gasteiger partial charge in [-0.25, -0.2) is 9.59 Å². The van der Waals surface area contributed by atoms with Crippen molar-refractivity contribution in [2.45, 2.75) is 45.3 Å². The molecule has 8 heteroatoms. The Balaban J connectivity index is 1.54.